The Kier molecular flexibility index (Phi) is 4.57. The molecule has 0 aromatic heterocycles. The van der Waals surface area contributed by atoms with Crippen LogP contribution >= 0.6 is 0 Å². The van der Waals surface area contributed by atoms with Gasteiger partial charge in [0.2, 0.25) is 5.91 Å². The number of ether oxygens (including phenoxy) is 2. The molecule has 1 heterocycles. The van der Waals surface area contributed by atoms with Crippen LogP contribution in [0.3, 0.4) is 0 Å². The number of hydrogen-bond donors (Lipinski definition) is 1. The van der Waals surface area contributed by atoms with Gasteiger partial charge in [-0.2, -0.15) is 0 Å². The molecule has 114 valence electrons. The lowest BCUT2D eigenvalue weighted by Crippen LogP contribution is -2.28. The van der Waals surface area contributed by atoms with Crippen molar-refractivity contribution in [1.82, 2.24) is 0 Å². The quantitative estimate of drug-likeness (QED) is 0.926. The van der Waals surface area contributed by atoms with E-state index in [4.69, 9.17) is 15.2 Å². The van der Waals surface area contributed by atoms with Crippen LogP contribution in [0.5, 0.6) is 0 Å². The summed E-state index contributed by atoms with van der Waals surface area (Å²) in [6, 6.07) is 4.01. The highest BCUT2D eigenvalue weighted by atomic mass is 19.1. The Labute approximate surface area is 122 Å². The first-order valence-corrected chi connectivity index (χ1v) is 6.85. The maximum atomic E-state index is 14.2. The van der Waals surface area contributed by atoms with Crippen LogP contribution < -0.4 is 5.73 Å². The number of aliphatic imine (C=N–C) groups is 1. The van der Waals surface area contributed by atoms with Crippen molar-refractivity contribution in [2.24, 2.45) is 10.7 Å². The van der Waals surface area contributed by atoms with Gasteiger partial charge in [-0.1, -0.05) is 0 Å². The highest BCUT2D eigenvalue weighted by molar-refractivity contribution is 5.93. The molecule has 5 nitrogen and oxygen atoms in total. The molecule has 1 amide bonds. The van der Waals surface area contributed by atoms with Gasteiger partial charge in [-0.05, 0) is 32.0 Å². The SMILES string of the molecule is CCOC1=N[C@](C)(c2cc(C(N)=O)ccc2F)COCC1. The van der Waals surface area contributed by atoms with Crippen molar-refractivity contribution < 1.29 is 18.7 Å². The summed E-state index contributed by atoms with van der Waals surface area (Å²) in [6.45, 7) is 4.77. The zero-order chi connectivity index (χ0) is 15.5. The second kappa shape index (κ2) is 6.22. The second-order valence-electron chi connectivity index (χ2n) is 5.07. The van der Waals surface area contributed by atoms with Crippen molar-refractivity contribution in [2.75, 3.05) is 19.8 Å². The fourth-order valence-electron chi connectivity index (χ4n) is 2.29. The van der Waals surface area contributed by atoms with E-state index in [0.29, 0.717) is 25.5 Å². The lowest BCUT2D eigenvalue weighted by molar-refractivity contribution is 0.0991. The molecule has 1 aliphatic rings. The van der Waals surface area contributed by atoms with Crippen LogP contribution in [-0.2, 0) is 15.0 Å². The number of benzene rings is 1. The molecular formula is C15H19FN2O3. The molecule has 2 N–H and O–H groups in total. The number of carbonyl (C=O) groups excluding carboxylic acids is 1. The van der Waals surface area contributed by atoms with E-state index in [1.807, 2.05) is 6.92 Å². The number of amides is 1. The molecule has 0 radical (unpaired) electrons. The van der Waals surface area contributed by atoms with Gasteiger partial charge < -0.3 is 15.2 Å². The number of nitrogens with zero attached hydrogens (tertiary/aromatic N) is 1. The average molecular weight is 294 g/mol. The summed E-state index contributed by atoms with van der Waals surface area (Å²) < 4.78 is 25.2. The van der Waals surface area contributed by atoms with Crippen LogP contribution in [0, 0.1) is 5.82 Å². The summed E-state index contributed by atoms with van der Waals surface area (Å²) in [6.07, 6.45) is 0.542. The van der Waals surface area contributed by atoms with Crippen LogP contribution in [0.2, 0.25) is 0 Å². The Bertz CT molecular complexity index is 574. The van der Waals surface area contributed by atoms with E-state index >= 15 is 0 Å². The van der Waals surface area contributed by atoms with Gasteiger partial charge in [0.1, 0.15) is 11.4 Å². The number of primary amides is 1. The fraction of sp³-hybridized carbons (Fsp3) is 0.467. The molecule has 0 aliphatic carbocycles. The highest BCUT2D eigenvalue weighted by Crippen LogP contribution is 2.31. The van der Waals surface area contributed by atoms with E-state index in [1.165, 1.54) is 18.2 Å². The average Bonchev–Trinajstić information content (AvgIpc) is 2.62. The van der Waals surface area contributed by atoms with Crippen molar-refractivity contribution in [1.29, 1.82) is 0 Å². The molecule has 1 aromatic carbocycles. The second-order valence-corrected chi connectivity index (χ2v) is 5.07. The predicted octanol–water partition coefficient (Wildman–Crippen LogP) is 2.00. The number of nitrogens with two attached hydrogens (primary N) is 1. The number of rotatable bonds is 3. The molecule has 0 saturated carbocycles. The van der Waals surface area contributed by atoms with E-state index in [-0.39, 0.29) is 17.7 Å². The molecule has 6 heteroatoms. The molecule has 0 spiro atoms. The maximum absolute atomic E-state index is 14.2. The Morgan fingerprint density at radius 2 is 2.33 bits per heavy atom. The molecule has 0 unspecified atom stereocenters. The third-order valence-electron chi connectivity index (χ3n) is 3.36. The van der Waals surface area contributed by atoms with Gasteiger partial charge in [-0.3, -0.25) is 4.79 Å². The highest BCUT2D eigenvalue weighted by Gasteiger charge is 2.33. The molecule has 1 atom stereocenters. The fourth-order valence-corrected chi connectivity index (χ4v) is 2.29. The van der Waals surface area contributed by atoms with Crippen molar-refractivity contribution in [3.63, 3.8) is 0 Å². The predicted molar refractivity (Wildman–Crippen MR) is 76.8 cm³/mol. The Morgan fingerprint density at radius 1 is 1.57 bits per heavy atom. The van der Waals surface area contributed by atoms with E-state index in [9.17, 15) is 9.18 Å². The number of hydrogen-bond acceptors (Lipinski definition) is 4. The minimum absolute atomic E-state index is 0.211. The molecule has 21 heavy (non-hydrogen) atoms. The first-order valence-electron chi connectivity index (χ1n) is 6.85. The van der Waals surface area contributed by atoms with Gasteiger partial charge in [0, 0.05) is 17.5 Å². The summed E-state index contributed by atoms with van der Waals surface area (Å²) in [4.78, 5) is 15.8. The van der Waals surface area contributed by atoms with Crippen LogP contribution in [0.4, 0.5) is 4.39 Å². The van der Waals surface area contributed by atoms with E-state index in [2.05, 4.69) is 4.99 Å². The van der Waals surface area contributed by atoms with E-state index in [0.717, 1.165) is 0 Å². The van der Waals surface area contributed by atoms with E-state index in [1.54, 1.807) is 6.92 Å². The Balaban J connectivity index is 2.48. The Hall–Kier alpha value is -1.95. The van der Waals surface area contributed by atoms with Crippen LogP contribution in [0.1, 0.15) is 36.2 Å². The van der Waals surface area contributed by atoms with Crippen LogP contribution in [-0.4, -0.2) is 31.6 Å². The molecule has 0 bridgehead atoms. The third-order valence-corrected chi connectivity index (χ3v) is 3.36. The topological polar surface area (TPSA) is 73.9 Å². The van der Waals surface area contributed by atoms with Crippen molar-refractivity contribution >= 4 is 11.8 Å². The third kappa shape index (κ3) is 3.39. The van der Waals surface area contributed by atoms with Gasteiger partial charge in [-0.15, -0.1) is 0 Å². The summed E-state index contributed by atoms with van der Waals surface area (Å²) in [5.74, 6) is -0.530. The van der Waals surface area contributed by atoms with Gasteiger partial charge in [0.25, 0.3) is 0 Å². The molecule has 2 rings (SSSR count). The van der Waals surface area contributed by atoms with Gasteiger partial charge >= 0.3 is 0 Å². The smallest absolute Gasteiger partial charge is 0.248 e. The van der Waals surface area contributed by atoms with Crippen molar-refractivity contribution in [3.05, 3.63) is 35.1 Å². The maximum Gasteiger partial charge on any atom is 0.248 e. The lowest BCUT2D eigenvalue weighted by Gasteiger charge is -2.25. The minimum atomic E-state index is -0.948. The van der Waals surface area contributed by atoms with Gasteiger partial charge in [0.15, 0.2) is 5.90 Å². The molecule has 1 aliphatic heterocycles. The normalized spacial score (nSPS) is 22.3. The van der Waals surface area contributed by atoms with Crippen molar-refractivity contribution in [3.8, 4) is 0 Å². The molecular weight excluding hydrogens is 275 g/mol. The first-order chi connectivity index (χ1) is 9.96. The van der Waals surface area contributed by atoms with E-state index < -0.39 is 17.3 Å². The Morgan fingerprint density at radius 3 is 3.00 bits per heavy atom. The summed E-state index contributed by atoms with van der Waals surface area (Å²) in [5, 5.41) is 0. The van der Waals surface area contributed by atoms with Gasteiger partial charge in [0.05, 0.1) is 19.8 Å². The molecule has 0 saturated heterocycles. The zero-order valence-corrected chi connectivity index (χ0v) is 12.2. The minimum Gasteiger partial charge on any atom is -0.481 e. The largest absolute Gasteiger partial charge is 0.481 e. The van der Waals surface area contributed by atoms with Crippen LogP contribution in [0.25, 0.3) is 0 Å². The number of carbonyl (C=O) groups is 1. The standard InChI is InChI=1S/C15H19FN2O3/c1-3-21-13-6-7-20-9-15(2,18-13)11-8-10(14(17)19)4-5-12(11)16/h4-5,8H,3,6-7,9H2,1-2H3,(H2,17,19)/t15-/m0/s1. The first kappa shape index (κ1) is 15.4. The van der Waals surface area contributed by atoms with Crippen LogP contribution in [0.15, 0.2) is 23.2 Å². The lowest BCUT2D eigenvalue weighted by atomic mass is 9.91. The molecule has 0 fully saturated rings. The summed E-state index contributed by atoms with van der Waals surface area (Å²) in [5.41, 5.74) is 4.83. The van der Waals surface area contributed by atoms with Crippen molar-refractivity contribution in [2.45, 2.75) is 25.8 Å². The number of halogens is 1. The zero-order valence-electron chi connectivity index (χ0n) is 12.2. The monoisotopic (exact) mass is 294 g/mol. The van der Waals surface area contributed by atoms with Gasteiger partial charge in [-0.25, -0.2) is 9.38 Å². The summed E-state index contributed by atoms with van der Waals surface area (Å²) in [7, 11) is 0. The summed E-state index contributed by atoms with van der Waals surface area (Å²) >= 11 is 0. The molecule has 1 aromatic rings.